The number of hydrogen-bond donors (Lipinski definition) is 3. The van der Waals surface area contributed by atoms with Crippen molar-refractivity contribution in [1.29, 1.82) is 0 Å². The summed E-state index contributed by atoms with van der Waals surface area (Å²) in [7, 11) is 1.46. The third kappa shape index (κ3) is 3.80. The molecule has 8 heteroatoms. The molecule has 1 aliphatic heterocycles. The van der Waals surface area contributed by atoms with Gasteiger partial charge in [0, 0.05) is 12.6 Å². The molecule has 3 N–H and O–H groups in total. The van der Waals surface area contributed by atoms with Gasteiger partial charge in [0.25, 0.3) is 5.91 Å². The van der Waals surface area contributed by atoms with E-state index in [1.54, 1.807) is 42.6 Å². The summed E-state index contributed by atoms with van der Waals surface area (Å²) in [5.41, 5.74) is 1.30. The number of methoxy groups -OCH3 is 1. The summed E-state index contributed by atoms with van der Waals surface area (Å²) in [6.07, 6.45) is 1.77. The van der Waals surface area contributed by atoms with Crippen LogP contribution in [0.4, 0.5) is 11.4 Å². The highest BCUT2D eigenvalue weighted by Gasteiger charge is 2.27. The van der Waals surface area contributed by atoms with Gasteiger partial charge in [0.2, 0.25) is 17.7 Å². The number of carbonyl (C=O) groups excluding carboxylic acids is 3. The highest BCUT2D eigenvalue weighted by Crippen LogP contribution is 2.21. The molecule has 2 heterocycles. The molecule has 0 fully saturated rings. The lowest BCUT2D eigenvalue weighted by Crippen LogP contribution is -2.41. The molecule has 0 saturated carbocycles. The Morgan fingerprint density at radius 1 is 1.23 bits per heavy atom. The van der Waals surface area contributed by atoms with Crippen LogP contribution >= 0.6 is 0 Å². The molecule has 3 rings (SSSR count). The minimum absolute atomic E-state index is 0.0484. The number of nitrogens with one attached hydrogen (secondary N) is 3. The second kappa shape index (κ2) is 7.64. The largest absolute Gasteiger partial charge is 0.480 e. The first-order chi connectivity index (χ1) is 12.6. The van der Waals surface area contributed by atoms with Crippen LogP contribution in [0.15, 0.2) is 42.6 Å². The van der Waals surface area contributed by atoms with E-state index in [-0.39, 0.29) is 30.6 Å². The molecule has 0 bridgehead atoms. The Morgan fingerprint density at radius 3 is 2.85 bits per heavy atom. The number of fused-ring (bicyclic) bond motifs is 1. The normalized spacial score (nSPS) is 16.0. The third-order valence-electron chi connectivity index (χ3n) is 3.95. The smallest absolute Gasteiger partial charge is 0.254 e. The summed E-state index contributed by atoms with van der Waals surface area (Å²) in [4.78, 5) is 40.7. The van der Waals surface area contributed by atoms with Crippen molar-refractivity contribution in [3.63, 3.8) is 0 Å². The summed E-state index contributed by atoms with van der Waals surface area (Å²) >= 11 is 0. The molecule has 1 atom stereocenters. The van der Waals surface area contributed by atoms with Gasteiger partial charge in [0.15, 0.2) is 0 Å². The van der Waals surface area contributed by atoms with Gasteiger partial charge in [0.05, 0.1) is 18.4 Å². The van der Waals surface area contributed by atoms with Crippen LogP contribution in [-0.4, -0.2) is 35.9 Å². The second-order valence-electron chi connectivity index (χ2n) is 5.71. The van der Waals surface area contributed by atoms with Crippen LogP contribution in [0, 0.1) is 0 Å². The second-order valence-corrected chi connectivity index (χ2v) is 5.71. The Bertz CT molecular complexity index is 853. The van der Waals surface area contributed by atoms with Gasteiger partial charge in [-0.2, -0.15) is 0 Å². The van der Waals surface area contributed by atoms with Crippen molar-refractivity contribution in [1.82, 2.24) is 10.3 Å². The number of benzene rings is 1. The van der Waals surface area contributed by atoms with Gasteiger partial charge >= 0.3 is 0 Å². The fraction of sp³-hybridized carbons (Fsp3) is 0.222. The number of rotatable bonds is 5. The van der Waals surface area contributed by atoms with Crippen molar-refractivity contribution in [3.8, 4) is 5.88 Å². The molecule has 26 heavy (non-hydrogen) atoms. The molecule has 0 aliphatic carbocycles. The molecule has 1 aromatic heterocycles. The molecule has 0 spiro atoms. The lowest BCUT2D eigenvalue weighted by molar-refractivity contribution is -0.118. The Balaban J connectivity index is 1.62. The molecule has 3 amide bonds. The van der Waals surface area contributed by atoms with E-state index in [0.29, 0.717) is 22.8 Å². The minimum atomic E-state index is -0.795. The number of nitrogens with zero attached hydrogens (tertiary/aromatic N) is 1. The van der Waals surface area contributed by atoms with E-state index in [1.165, 1.54) is 7.11 Å². The van der Waals surface area contributed by atoms with E-state index in [2.05, 4.69) is 20.9 Å². The van der Waals surface area contributed by atoms with E-state index in [0.717, 1.165) is 0 Å². The topological polar surface area (TPSA) is 109 Å². The number of pyridine rings is 1. The quantitative estimate of drug-likeness (QED) is 0.755. The maximum Gasteiger partial charge on any atom is 0.254 e. The summed E-state index contributed by atoms with van der Waals surface area (Å²) in [6.45, 7) is 0. The summed E-state index contributed by atoms with van der Waals surface area (Å²) < 4.78 is 5.08. The number of amides is 3. The van der Waals surface area contributed by atoms with Crippen LogP contribution in [0.3, 0.4) is 0 Å². The van der Waals surface area contributed by atoms with E-state index in [9.17, 15) is 14.4 Å². The van der Waals surface area contributed by atoms with E-state index < -0.39 is 6.04 Å². The zero-order valence-electron chi connectivity index (χ0n) is 14.1. The SMILES string of the molecule is COc1ncccc1NC(=O)CC[C@@H]1NC(=O)c2ccccc2NC1=O. The van der Waals surface area contributed by atoms with Crippen molar-refractivity contribution < 1.29 is 19.1 Å². The molecule has 0 saturated heterocycles. The van der Waals surface area contributed by atoms with Crippen molar-refractivity contribution in [2.24, 2.45) is 0 Å². The van der Waals surface area contributed by atoms with Gasteiger partial charge in [-0.15, -0.1) is 0 Å². The van der Waals surface area contributed by atoms with E-state index >= 15 is 0 Å². The molecule has 1 aliphatic rings. The molecule has 8 nitrogen and oxygen atoms in total. The van der Waals surface area contributed by atoms with Gasteiger partial charge < -0.3 is 20.7 Å². The van der Waals surface area contributed by atoms with Crippen molar-refractivity contribution in [2.45, 2.75) is 18.9 Å². The van der Waals surface area contributed by atoms with E-state index in [1.807, 2.05) is 0 Å². The van der Waals surface area contributed by atoms with E-state index in [4.69, 9.17) is 4.74 Å². The van der Waals surface area contributed by atoms with Crippen LogP contribution in [0.1, 0.15) is 23.2 Å². The van der Waals surface area contributed by atoms with Crippen molar-refractivity contribution >= 4 is 29.1 Å². The molecular formula is C18H18N4O4. The van der Waals surface area contributed by atoms with Crippen LogP contribution < -0.4 is 20.7 Å². The molecule has 134 valence electrons. The molecule has 0 radical (unpaired) electrons. The maximum atomic E-state index is 12.3. The van der Waals surface area contributed by atoms with Crippen LogP contribution in [-0.2, 0) is 9.59 Å². The molecule has 1 aromatic carbocycles. The zero-order chi connectivity index (χ0) is 18.5. The first-order valence-corrected chi connectivity index (χ1v) is 8.08. The molecule has 2 aromatic rings. The highest BCUT2D eigenvalue weighted by atomic mass is 16.5. The predicted molar refractivity (Wildman–Crippen MR) is 95.0 cm³/mol. The van der Waals surface area contributed by atoms with Gasteiger partial charge in [-0.3, -0.25) is 14.4 Å². The average molecular weight is 354 g/mol. The number of anilines is 2. The third-order valence-corrected chi connectivity index (χ3v) is 3.95. The minimum Gasteiger partial charge on any atom is -0.480 e. The summed E-state index contributed by atoms with van der Waals surface area (Å²) in [5, 5.41) is 8.06. The number of para-hydroxylation sites is 1. The Morgan fingerprint density at radius 2 is 2.04 bits per heavy atom. The van der Waals surface area contributed by atoms with Crippen LogP contribution in [0.5, 0.6) is 5.88 Å². The Kier molecular flexibility index (Phi) is 5.12. The first-order valence-electron chi connectivity index (χ1n) is 8.08. The van der Waals surface area contributed by atoms with Crippen molar-refractivity contribution in [3.05, 3.63) is 48.2 Å². The van der Waals surface area contributed by atoms with Crippen molar-refractivity contribution in [2.75, 3.05) is 17.7 Å². The molecule has 0 unspecified atom stereocenters. The summed E-state index contributed by atoms with van der Waals surface area (Å²) in [5.74, 6) is -0.703. The van der Waals surface area contributed by atoms with Gasteiger partial charge in [-0.25, -0.2) is 4.98 Å². The Hall–Kier alpha value is -3.42. The highest BCUT2D eigenvalue weighted by molar-refractivity contribution is 6.10. The molecular weight excluding hydrogens is 336 g/mol. The van der Waals surface area contributed by atoms with Gasteiger partial charge in [0.1, 0.15) is 11.7 Å². The van der Waals surface area contributed by atoms with Crippen LogP contribution in [0.25, 0.3) is 0 Å². The average Bonchev–Trinajstić information content (AvgIpc) is 2.77. The fourth-order valence-corrected chi connectivity index (χ4v) is 2.65. The first kappa shape index (κ1) is 17.4. The van der Waals surface area contributed by atoms with Gasteiger partial charge in [-0.1, -0.05) is 12.1 Å². The van der Waals surface area contributed by atoms with Gasteiger partial charge in [-0.05, 0) is 30.7 Å². The Labute approximate surface area is 150 Å². The monoisotopic (exact) mass is 354 g/mol. The maximum absolute atomic E-state index is 12.3. The fourth-order valence-electron chi connectivity index (χ4n) is 2.65. The number of ether oxygens (including phenoxy) is 1. The standard InChI is InChI=1S/C18H18N4O4/c1-26-18-14(7-4-10-19-18)20-15(23)9-8-13-17(25)21-12-6-3-2-5-11(12)16(24)22-13/h2-7,10,13H,8-9H2,1H3,(H,20,23)(H,21,25)(H,22,24)/t13-/m0/s1. The number of hydrogen-bond acceptors (Lipinski definition) is 5. The lowest BCUT2D eigenvalue weighted by atomic mass is 10.1. The zero-order valence-corrected chi connectivity index (χ0v) is 14.1. The predicted octanol–water partition coefficient (Wildman–Crippen LogP) is 1.56. The number of carbonyl (C=O) groups is 3. The number of aromatic nitrogens is 1. The van der Waals surface area contributed by atoms with Crippen LogP contribution in [0.2, 0.25) is 0 Å². The summed E-state index contributed by atoms with van der Waals surface area (Å²) in [6, 6.07) is 9.30. The lowest BCUT2D eigenvalue weighted by Gasteiger charge is -2.14.